The van der Waals surface area contributed by atoms with Crippen molar-refractivity contribution in [3.05, 3.63) is 40.5 Å². The van der Waals surface area contributed by atoms with Crippen molar-refractivity contribution < 1.29 is 5.11 Å². The highest BCUT2D eigenvalue weighted by Crippen LogP contribution is 2.26. The molecule has 0 spiro atoms. The van der Waals surface area contributed by atoms with Gasteiger partial charge in [-0.15, -0.1) is 0 Å². The van der Waals surface area contributed by atoms with Crippen molar-refractivity contribution in [3.8, 4) is 0 Å². The maximum atomic E-state index is 8.96. The molecule has 0 radical (unpaired) electrons. The normalized spacial score (nSPS) is 14.3. The Morgan fingerprint density at radius 2 is 2.25 bits per heavy atom. The predicted molar refractivity (Wildman–Crippen MR) is 49.9 cm³/mol. The molecule has 0 saturated heterocycles. The van der Waals surface area contributed by atoms with E-state index in [-0.39, 0.29) is 6.61 Å². The Balaban J connectivity index is 2.48. The molecule has 0 fully saturated rings. The molecule has 1 aromatic carbocycles. The summed E-state index contributed by atoms with van der Waals surface area (Å²) in [5.74, 6) is 0. The van der Waals surface area contributed by atoms with Gasteiger partial charge in [0.25, 0.3) is 0 Å². The number of benzene rings is 1. The first-order chi connectivity index (χ1) is 5.81. The van der Waals surface area contributed by atoms with Gasteiger partial charge < -0.3 is 5.11 Å². The zero-order valence-corrected chi connectivity index (χ0v) is 7.17. The average molecular weight is 160 g/mol. The maximum Gasteiger partial charge on any atom is 0.0648 e. The predicted octanol–water partition coefficient (Wildman–Crippen LogP) is 1.93. The van der Waals surface area contributed by atoms with Crippen LogP contribution in [0, 0.1) is 6.92 Å². The van der Waals surface area contributed by atoms with Gasteiger partial charge in [-0.3, -0.25) is 0 Å². The van der Waals surface area contributed by atoms with Crippen LogP contribution in [0.3, 0.4) is 0 Å². The first-order valence-electron chi connectivity index (χ1n) is 4.20. The number of hydrogen-bond donors (Lipinski definition) is 1. The summed E-state index contributed by atoms with van der Waals surface area (Å²) in [5.41, 5.74) is 5.08. The minimum atomic E-state index is 0.189. The number of aliphatic hydroxyl groups excluding tert-OH is 1. The molecule has 0 aromatic heterocycles. The van der Waals surface area contributed by atoms with Gasteiger partial charge in [0.1, 0.15) is 0 Å². The second-order valence-corrected chi connectivity index (χ2v) is 3.29. The maximum absolute atomic E-state index is 8.96. The van der Waals surface area contributed by atoms with Crippen molar-refractivity contribution in [1.29, 1.82) is 0 Å². The van der Waals surface area contributed by atoms with Gasteiger partial charge in [0.2, 0.25) is 0 Å². The summed E-state index contributed by atoms with van der Waals surface area (Å²) in [6.45, 7) is 2.30. The van der Waals surface area contributed by atoms with Crippen LogP contribution in [0.1, 0.15) is 16.7 Å². The van der Waals surface area contributed by atoms with Crippen LogP contribution in [-0.2, 0) is 6.42 Å². The lowest BCUT2D eigenvalue weighted by Gasteiger charge is -2.00. The van der Waals surface area contributed by atoms with E-state index < -0.39 is 0 Å². The third-order valence-electron chi connectivity index (χ3n) is 2.38. The number of hydrogen-bond acceptors (Lipinski definition) is 1. The lowest BCUT2D eigenvalue weighted by atomic mass is 10.1. The summed E-state index contributed by atoms with van der Waals surface area (Å²) in [6, 6.07) is 6.31. The molecule has 0 bridgehead atoms. The molecule has 0 atom stereocenters. The molecular weight excluding hydrogens is 148 g/mol. The summed E-state index contributed by atoms with van der Waals surface area (Å²) in [5, 5.41) is 8.96. The first-order valence-corrected chi connectivity index (χ1v) is 4.20. The minimum Gasteiger partial charge on any atom is -0.392 e. The van der Waals surface area contributed by atoms with E-state index in [9.17, 15) is 0 Å². The summed E-state index contributed by atoms with van der Waals surface area (Å²) in [6.07, 6.45) is 3.03. The first kappa shape index (κ1) is 7.56. The highest BCUT2D eigenvalue weighted by atomic mass is 16.3. The van der Waals surface area contributed by atoms with Gasteiger partial charge in [0.05, 0.1) is 6.61 Å². The van der Waals surface area contributed by atoms with Crippen molar-refractivity contribution in [3.63, 3.8) is 0 Å². The lowest BCUT2D eigenvalue weighted by molar-refractivity contribution is 0.330. The van der Waals surface area contributed by atoms with E-state index in [0.29, 0.717) is 0 Å². The minimum absolute atomic E-state index is 0.189. The van der Waals surface area contributed by atoms with E-state index in [4.69, 9.17) is 5.11 Å². The fraction of sp³-hybridized carbons (Fsp3) is 0.273. The monoisotopic (exact) mass is 160 g/mol. The number of aryl methyl sites for hydroxylation is 1. The Bertz CT molecular complexity index is 337. The van der Waals surface area contributed by atoms with E-state index in [1.807, 2.05) is 0 Å². The van der Waals surface area contributed by atoms with Crippen LogP contribution in [0.15, 0.2) is 23.8 Å². The van der Waals surface area contributed by atoms with Crippen LogP contribution in [0.25, 0.3) is 6.08 Å². The molecular formula is C11H12O. The Labute approximate surface area is 72.4 Å². The molecule has 1 aromatic rings. The molecule has 0 heterocycles. The Morgan fingerprint density at radius 3 is 2.92 bits per heavy atom. The zero-order chi connectivity index (χ0) is 8.55. The summed E-state index contributed by atoms with van der Waals surface area (Å²) >= 11 is 0. The number of rotatable bonds is 1. The van der Waals surface area contributed by atoms with Gasteiger partial charge in [-0.1, -0.05) is 24.3 Å². The van der Waals surface area contributed by atoms with E-state index >= 15 is 0 Å². The van der Waals surface area contributed by atoms with Gasteiger partial charge in [0, 0.05) is 0 Å². The van der Waals surface area contributed by atoms with Crippen molar-refractivity contribution >= 4 is 6.08 Å². The fourth-order valence-corrected chi connectivity index (χ4v) is 1.70. The van der Waals surface area contributed by atoms with Crippen LogP contribution in [0.5, 0.6) is 0 Å². The van der Waals surface area contributed by atoms with E-state index in [0.717, 1.165) is 12.0 Å². The molecule has 2 rings (SSSR count). The molecule has 1 N–H and O–H groups in total. The second-order valence-electron chi connectivity index (χ2n) is 3.29. The fourth-order valence-electron chi connectivity index (χ4n) is 1.70. The summed E-state index contributed by atoms with van der Waals surface area (Å²) < 4.78 is 0. The average Bonchev–Trinajstić information content (AvgIpc) is 2.49. The molecule has 1 aliphatic carbocycles. The van der Waals surface area contributed by atoms with Gasteiger partial charge in [-0.2, -0.15) is 0 Å². The molecule has 1 heteroatoms. The molecule has 1 aliphatic rings. The second kappa shape index (κ2) is 2.76. The molecule has 1 nitrogen and oxygen atoms in total. The van der Waals surface area contributed by atoms with E-state index in [1.54, 1.807) is 0 Å². The third kappa shape index (κ3) is 1.07. The van der Waals surface area contributed by atoms with Gasteiger partial charge >= 0.3 is 0 Å². The van der Waals surface area contributed by atoms with Crippen molar-refractivity contribution in [2.45, 2.75) is 13.3 Å². The molecule has 0 amide bonds. The Morgan fingerprint density at radius 1 is 1.42 bits per heavy atom. The van der Waals surface area contributed by atoms with Gasteiger partial charge in [-0.25, -0.2) is 0 Å². The third-order valence-corrected chi connectivity index (χ3v) is 2.38. The molecule has 0 unspecified atom stereocenters. The van der Waals surface area contributed by atoms with Crippen LogP contribution in [0.2, 0.25) is 0 Å². The molecule has 62 valence electrons. The quantitative estimate of drug-likeness (QED) is 0.665. The van der Waals surface area contributed by atoms with Crippen LogP contribution in [0.4, 0.5) is 0 Å². The molecule has 0 saturated carbocycles. The van der Waals surface area contributed by atoms with Crippen LogP contribution in [-0.4, -0.2) is 11.7 Å². The van der Waals surface area contributed by atoms with E-state index in [2.05, 4.69) is 31.2 Å². The largest absolute Gasteiger partial charge is 0.392 e. The Hall–Kier alpha value is -1.08. The van der Waals surface area contributed by atoms with Crippen molar-refractivity contribution in [1.82, 2.24) is 0 Å². The molecule has 0 aliphatic heterocycles. The van der Waals surface area contributed by atoms with Gasteiger partial charge in [0.15, 0.2) is 0 Å². The summed E-state index contributed by atoms with van der Waals surface area (Å²) in [4.78, 5) is 0. The number of fused-ring (bicyclic) bond motifs is 1. The highest BCUT2D eigenvalue weighted by molar-refractivity contribution is 5.66. The van der Waals surface area contributed by atoms with Crippen molar-refractivity contribution in [2.24, 2.45) is 0 Å². The zero-order valence-electron chi connectivity index (χ0n) is 7.17. The van der Waals surface area contributed by atoms with Gasteiger partial charge in [-0.05, 0) is 35.6 Å². The topological polar surface area (TPSA) is 20.2 Å². The smallest absolute Gasteiger partial charge is 0.0648 e. The summed E-state index contributed by atoms with van der Waals surface area (Å²) in [7, 11) is 0. The van der Waals surface area contributed by atoms with E-state index in [1.165, 1.54) is 16.7 Å². The molecule has 12 heavy (non-hydrogen) atoms. The standard InChI is InChI=1S/C11H12O/c1-8-3-2-4-10-5-9(7-12)6-11(8)10/h2-4,6,12H,5,7H2,1H3. The van der Waals surface area contributed by atoms with Crippen molar-refractivity contribution in [2.75, 3.05) is 6.61 Å². The highest BCUT2D eigenvalue weighted by Gasteiger charge is 2.12. The van der Waals surface area contributed by atoms with Crippen LogP contribution >= 0.6 is 0 Å². The van der Waals surface area contributed by atoms with Crippen LogP contribution < -0.4 is 0 Å². The number of aliphatic hydroxyl groups is 1. The Kier molecular flexibility index (Phi) is 1.74. The SMILES string of the molecule is Cc1cccc2c1C=C(CO)C2. The lowest BCUT2D eigenvalue weighted by Crippen LogP contribution is -1.89.